The van der Waals surface area contributed by atoms with E-state index in [1.807, 2.05) is 30.3 Å². The lowest BCUT2D eigenvalue weighted by atomic mass is 10.2. The maximum absolute atomic E-state index is 13.9. The molecule has 31 heavy (non-hydrogen) atoms. The van der Waals surface area contributed by atoms with E-state index in [4.69, 9.17) is 4.74 Å². The Morgan fingerprint density at radius 2 is 1.71 bits per heavy atom. The summed E-state index contributed by atoms with van der Waals surface area (Å²) in [7, 11) is -2.61. The summed E-state index contributed by atoms with van der Waals surface area (Å²) in [5.41, 5.74) is 0.908. The van der Waals surface area contributed by atoms with E-state index in [0.29, 0.717) is 0 Å². The summed E-state index contributed by atoms with van der Waals surface area (Å²) in [6, 6.07) is 19.1. The van der Waals surface area contributed by atoms with Crippen LogP contribution >= 0.6 is 0 Å². The summed E-state index contributed by atoms with van der Waals surface area (Å²) < 4.78 is 47.2. The monoisotopic (exact) mass is 442 g/mol. The van der Waals surface area contributed by atoms with E-state index in [1.54, 1.807) is 13.0 Å². The number of nitrogens with one attached hydrogen (secondary N) is 1. The molecule has 0 bridgehead atoms. The SMILES string of the molecule is CCN(Cc1ccccc1)S(=O)(=O)c1cc(C(=O)Nc2ccccc2F)ccc1OC. The number of ether oxygens (including phenoxy) is 1. The predicted octanol–water partition coefficient (Wildman–Crippen LogP) is 4.30. The third-order valence-corrected chi connectivity index (χ3v) is 6.66. The van der Waals surface area contributed by atoms with Crippen LogP contribution in [0.2, 0.25) is 0 Å². The van der Waals surface area contributed by atoms with Crippen molar-refractivity contribution in [1.82, 2.24) is 4.31 Å². The highest BCUT2D eigenvalue weighted by molar-refractivity contribution is 7.89. The van der Waals surface area contributed by atoms with Gasteiger partial charge in [0.25, 0.3) is 5.91 Å². The van der Waals surface area contributed by atoms with Gasteiger partial charge in [-0.05, 0) is 35.9 Å². The average Bonchev–Trinajstić information content (AvgIpc) is 2.79. The first-order valence-corrected chi connectivity index (χ1v) is 11.1. The first-order valence-electron chi connectivity index (χ1n) is 9.64. The number of para-hydroxylation sites is 1. The van der Waals surface area contributed by atoms with Gasteiger partial charge in [0.1, 0.15) is 16.5 Å². The molecule has 3 aromatic carbocycles. The first-order chi connectivity index (χ1) is 14.9. The highest BCUT2D eigenvalue weighted by atomic mass is 32.2. The van der Waals surface area contributed by atoms with Gasteiger partial charge in [0.05, 0.1) is 12.8 Å². The van der Waals surface area contributed by atoms with Crippen LogP contribution in [0, 0.1) is 5.82 Å². The molecule has 0 spiro atoms. The summed E-state index contributed by atoms with van der Waals surface area (Å²) in [6.45, 7) is 2.14. The zero-order chi connectivity index (χ0) is 22.4. The van der Waals surface area contributed by atoms with Gasteiger partial charge in [-0.15, -0.1) is 0 Å². The molecule has 1 N–H and O–H groups in total. The number of anilines is 1. The molecular weight excluding hydrogens is 419 g/mol. The van der Waals surface area contributed by atoms with Crippen LogP contribution in [0.1, 0.15) is 22.8 Å². The Hall–Kier alpha value is -3.23. The van der Waals surface area contributed by atoms with E-state index >= 15 is 0 Å². The molecule has 0 fully saturated rings. The highest BCUT2D eigenvalue weighted by Crippen LogP contribution is 2.29. The van der Waals surface area contributed by atoms with Crippen molar-refractivity contribution in [2.45, 2.75) is 18.4 Å². The van der Waals surface area contributed by atoms with Crippen LogP contribution in [-0.4, -0.2) is 32.3 Å². The van der Waals surface area contributed by atoms with Crippen molar-refractivity contribution < 1.29 is 22.3 Å². The summed E-state index contributed by atoms with van der Waals surface area (Å²) in [5, 5.41) is 2.46. The normalized spacial score (nSPS) is 11.4. The zero-order valence-electron chi connectivity index (χ0n) is 17.2. The maximum Gasteiger partial charge on any atom is 0.255 e. The molecular formula is C23H23FN2O4S. The second-order valence-electron chi connectivity index (χ2n) is 6.72. The molecule has 162 valence electrons. The number of rotatable bonds is 8. The number of halogens is 1. The Labute approximate surface area is 181 Å². The molecule has 0 aromatic heterocycles. The number of sulfonamides is 1. The molecule has 0 aliphatic carbocycles. The molecule has 3 rings (SSSR count). The molecule has 0 saturated carbocycles. The van der Waals surface area contributed by atoms with Crippen molar-refractivity contribution in [2.24, 2.45) is 0 Å². The average molecular weight is 443 g/mol. The number of hydrogen-bond acceptors (Lipinski definition) is 4. The van der Waals surface area contributed by atoms with Crippen LogP contribution in [0.3, 0.4) is 0 Å². The minimum Gasteiger partial charge on any atom is -0.495 e. The van der Waals surface area contributed by atoms with E-state index in [-0.39, 0.29) is 35.0 Å². The van der Waals surface area contributed by atoms with Gasteiger partial charge in [-0.2, -0.15) is 4.31 Å². The van der Waals surface area contributed by atoms with Gasteiger partial charge in [0, 0.05) is 18.7 Å². The topological polar surface area (TPSA) is 75.7 Å². The van der Waals surface area contributed by atoms with Crippen LogP contribution in [-0.2, 0) is 16.6 Å². The Balaban J connectivity index is 1.95. The number of nitrogens with zero attached hydrogens (tertiary/aromatic N) is 1. The number of methoxy groups -OCH3 is 1. The molecule has 1 amide bonds. The molecule has 0 aliphatic rings. The lowest BCUT2D eigenvalue weighted by molar-refractivity contribution is 0.102. The van der Waals surface area contributed by atoms with Crippen LogP contribution in [0.15, 0.2) is 77.7 Å². The zero-order valence-corrected chi connectivity index (χ0v) is 18.0. The second kappa shape index (κ2) is 9.72. The van der Waals surface area contributed by atoms with E-state index in [2.05, 4.69) is 5.32 Å². The molecule has 0 atom stereocenters. The van der Waals surface area contributed by atoms with E-state index < -0.39 is 21.7 Å². The van der Waals surface area contributed by atoms with Gasteiger partial charge in [-0.1, -0.05) is 49.4 Å². The van der Waals surface area contributed by atoms with E-state index in [9.17, 15) is 17.6 Å². The molecule has 6 nitrogen and oxygen atoms in total. The fraction of sp³-hybridized carbons (Fsp3) is 0.174. The summed E-state index contributed by atoms with van der Waals surface area (Å²) in [4.78, 5) is 12.5. The van der Waals surface area contributed by atoms with Gasteiger partial charge in [-0.25, -0.2) is 12.8 Å². The van der Waals surface area contributed by atoms with E-state index in [1.165, 1.54) is 47.8 Å². The third kappa shape index (κ3) is 5.10. The first kappa shape index (κ1) is 22.5. The van der Waals surface area contributed by atoms with Crippen molar-refractivity contribution in [3.05, 3.63) is 89.7 Å². The van der Waals surface area contributed by atoms with Crippen LogP contribution < -0.4 is 10.1 Å². The molecule has 0 aliphatic heterocycles. The fourth-order valence-corrected chi connectivity index (χ4v) is 4.69. The Kier molecular flexibility index (Phi) is 7.04. The molecule has 0 saturated heterocycles. The lowest BCUT2D eigenvalue weighted by Gasteiger charge is -2.22. The molecule has 0 unspecified atom stereocenters. The summed E-state index contributed by atoms with van der Waals surface area (Å²) in [6.07, 6.45) is 0. The summed E-state index contributed by atoms with van der Waals surface area (Å²) in [5.74, 6) is -1.10. The number of benzene rings is 3. The van der Waals surface area contributed by atoms with Gasteiger partial charge in [-0.3, -0.25) is 4.79 Å². The lowest BCUT2D eigenvalue weighted by Crippen LogP contribution is -2.31. The fourth-order valence-electron chi connectivity index (χ4n) is 3.07. The number of carbonyl (C=O) groups excluding carboxylic acids is 1. The predicted molar refractivity (Wildman–Crippen MR) is 117 cm³/mol. The maximum atomic E-state index is 13.9. The van der Waals surface area contributed by atoms with Gasteiger partial charge in [0.2, 0.25) is 10.0 Å². The minimum atomic E-state index is -3.97. The number of hydrogen-bond donors (Lipinski definition) is 1. The molecule has 3 aromatic rings. The van der Waals surface area contributed by atoms with Crippen molar-refractivity contribution in [1.29, 1.82) is 0 Å². The van der Waals surface area contributed by atoms with Crippen LogP contribution in [0.5, 0.6) is 5.75 Å². The summed E-state index contributed by atoms with van der Waals surface area (Å²) >= 11 is 0. The van der Waals surface area contributed by atoms with Crippen molar-refractivity contribution in [2.75, 3.05) is 19.0 Å². The van der Waals surface area contributed by atoms with Gasteiger partial charge < -0.3 is 10.1 Å². The Bertz CT molecular complexity index is 1170. The molecule has 0 heterocycles. The highest BCUT2D eigenvalue weighted by Gasteiger charge is 2.28. The standard InChI is InChI=1S/C23H23FN2O4S/c1-3-26(16-17-9-5-4-6-10-17)31(28,29)22-15-18(13-14-21(22)30-2)23(27)25-20-12-8-7-11-19(20)24/h4-15H,3,16H2,1-2H3,(H,25,27). The van der Waals surface area contributed by atoms with E-state index in [0.717, 1.165) is 5.56 Å². The van der Waals surface area contributed by atoms with Crippen molar-refractivity contribution in [3.63, 3.8) is 0 Å². The number of carbonyl (C=O) groups is 1. The smallest absolute Gasteiger partial charge is 0.255 e. The Morgan fingerprint density at radius 1 is 1.03 bits per heavy atom. The Morgan fingerprint density at radius 3 is 2.35 bits per heavy atom. The van der Waals surface area contributed by atoms with Crippen LogP contribution in [0.4, 0.5) is 10.1 Å². The van der Waals surface area contributed by atoms with Gasteiger partial charge >= 0.3 is 0 Å². The molecule has 0 radical (unpaired) electrons. The van der Waals surface area contributed by atoms with Crippen LogP contribution in [0.25, 0.3) is 0 Å². The second-order valence-corrected chi connectivity index (χ2v) is 8.62. The van der Waals surface area contributed by atoms with Crippen molar-refractivity contribution in [3.8, 4) is 5.75 Å². The molecule has 8 heteroatoms. The third-order valence-electron chi connectivity index (χ3n) is 4.72. The minimum absolute atomic E-state index is 0.00647. The van der Waals surface area contributed by atoms with Crippen molar-refractivity contribution >= 4 is 21.6 Å². The largest absolute Gasteiger partial charge is 0.495 e. The van der Waals surface area contributed by atoms with Gasteiger partial charge in [0.15, 0.2) is 0 Å². The number of amides is 1. The quantitative estimate of drug-likeness (QED) is 0.565.